The van der Waals surface area contributed by atoms with Crippen molar-refractivity contribution < 1.29 is 4.74 Å². The second-order valence-electron chi connectivity index (χ2n) is 6.20. The molecule has 130 valence electrons. The van der Waals surface area contributed by atoms with Gasteiger partial charge in [-0.3, -0.25) is 5.01 Å². The lowest BCUT2D eigenvalue weighted by molar-refractivity contribution is 0.414. The number of hydrazone groups is 1. The molecule has 0 saturated carbocycles. The van der Waals surface area contributed by atoms with E-state index in [9.17, 15) is 0 Å². The minimum absolute atomic E-state index is 0.120. The average Bonchev–Trinajstić information content (AvgIpc) is 3.14. The zero-order valence-electron chi connectivity index (χ0n) is 14.5. The predicted octanol–water partition coefficient (Wildman–Crippen LogP) is 5.70. The fourth-order valence-corrected chi connectivity index (χ4v) is 3.45. The monoisotopic (exact) mass is 362 g/mol. The third kappa shape index (κ3) is 3.18. The number of halogens is 1. The molecule has 0 spiro atoms. The van der Waals surface area contributed by atoms with Crippen LogP contribution in [0.25, 0.3) is 0 Å². The number of nitrogens with zero attached hydrogens (tertiary/aromatic N) is 2. The Hall–Kier alpha value is -2.78. The summed E-state index contributed by atoms with van der Waals surface area (Å²) in [6.07, 6.45) is 0.802. The zero-order valence-corrected chi connectivity index (χ0v) is 15.2. The van der Waals surface area contributed by atoms with Crippen LogP contribution in [-0.2, 0) is 0 Å². The van der Waals surface area contributed by atoms with Crippen molar-refractivity contribution in [3.63, 3.8) is 0 Å². The van der Waals surface area contributed by atoms with Gasteiger partial charge in [0.05, 0.1) is 24.6 Å². The Morgan fingerprint density at radius 2 is 1.62 bits per heavy atom. The maximum Gasteiger partial charge on any atom is 0.127 e. The highest BCUT2D eigenvalue weighted by Crippen LogP contribution is 2.38. The molecule has 1 aliphatic rings. The molecule has 0 aromatic heterocycles. The molecular weight excluding hydrogens is 344 g/mol. The van der Waals surface area contributed by atoms with Crippen LogP contribution < -0.4 is 9.75 Å². The molecule has 3 nitrogen and oxygen atoms in total. The van der Waals surface area contributed by atoms with E-state index in [4.69, 9.17) is 21.4 Å². The van der Waals surface area contributed by atoms with E-state index >= 15 is 0 Å². The summed E-state index contributed by atoms with van der Waals surface area (Å²) in [5.74, 6) is 0.844. The van der Waals surface area contributed by atoms with E-state index in [-0.39, 0.29) is 6.04 Å². The lowest BCUT2D eigenvalue weighted by Gasteiger charge is -2.24. The molecule has 0 fully saturated rings. The van der Waals surface area contributed by atoms with Gasteiger partial charge in [0.2, 0.25) is 0 Å². The Kier molecular flexibility index (Phi) is 4.63. The summed E-state index contributed by atoms with van der Waals surface area (Å²) in [7, 11) is 1.69. The van der Waals surface area contributed by atoms with Crippen LogP contribution in [0.3, 0.4) is 0 Å². The van der Waals surface area contributed by atoms with E-state index in [0.29, 0.717) is 0 Å². The van der Waals surface area contributed by atoms with Gasteiger partial charge in [-0.15, -0.1) is 0 Å². The van der Waals surface area contributed by atoms with Gasteiger partial charge in [0.25, 0.3) is 0 Å². The lowest BCUT2D eigenvalue weighted by Crippen LogP contribution is -2.18. The van der Waals surface area contributed by atoms with Crippen molar-refractivity contribution in [3.8, 4) is 5.75 Å². The molecule has 26 heavy (non-hydrogen) atoms. The van der Waals surface area contributed by atoms with Gasteiger partial charge in [-0.05, 0) is 42.0 Å². The van der Waals surface area contributed by atoms with Gasteiger partial charge in [0, 0.05) is 17.0 Å². The van der Waals surface area contributed by atoms with Crippen molar-refractivity contribution in [2.45, 2.75) is 12.5 Å². The number of para-hydroxylation sites is 2. The topological polar surface area (TPSA) is 24.8 Å². The molecule has 0 amide bonds. The van der Waals surface area contributed by atoms with Crippen LogP contribution in [0.1, 0.15) is 23.6 Å². The number of rotatable bonds is 4. The van der Waals surface area contributed by atoms with E-state index in [1.54, 1.807) is 7.11 Å². The number of anilines is 1. The second-order valence-corrected chi connectivity index (χ2v) is 6.64. The van der Waals surface area contributed by atoms with Crippen LogP contribution >= 0.6 is 11.6 Å². The minimum atomic E-state index is 0.120. The van der Waals surface area contributed by atoms with Gasteiger partial charge in [-0.2, -0.15) is 5.10 Å². The Bertz CT molecular complexity index is 922. The zero-order chi connectivity index (χ0) is 17.9. The fourth-order valence-electron chi connectivity index (χ4n) is 3.32. The molecule has 1 unspecified atom stereocenters. The highest BCUT2D eigenvalue weighted by molar-refractivity contribution is 6.30. The summed E-state index contributed by atoms with van der Waals surface area (Å²) in [5.41, 5.74) is 4.31. The molecule has 0 radical (unpaired) electrons. The van der Waals surface area contributed by atoms with E-state index < -0.39 is 0 Å². The molecule has 3 aromatic carbocycles. The molecular formula is C22H19ClN2O. The van der Waals surface area contributed by atoms with Crippen LogP contribution in [0, 0.1) is 0 Å². The van der Waals surface area contributed by atoms with Crippen molar-refractivity contribution in [1.82, 2.24) is 0 Å². The van der Waals surface area contributed by atoms with Gasteiger partial charge in [0.15, 0.2) is 0 Å². The maximum atomic E-state index is 6.08. The molecule has 1 aliphatic heterocycles. The maximum absolute atomic E-state index is 6.08. The lowest BCUT2D eigenvalue weighted by atomic mass is 9.98. The summed E-state index contributed by atoms with van der Waals surface area (Å²) in [6.45, 7) is 0. The van der Waals surface area contributed by atoms with Crippen molar-refractivity contribution in [3.05, 3.63) is 95.0 Å². The molecule has 0 aliphatic carbocycles. The third-order valence-corrected chi connectivity index (χ3v) is 4.86. The number of methoxy groups -OCH3 is 1. The molecule has 0 bridgehead atoms. The molecule has 4 heteroatoms. The SMILES string of the molecule is COc1ccccc1C1=NN(c2ccccc2)C(c2ccc(Cl)cc2)C1. The average molecular weight is 363 g/mol. The first-order valence-electron chi connectivity index (χ1n) is 8.57. The molecule has 4 rings (SSSR count). The molecule has 1 heterocycles. The van der Waals surface area contributed by atoms with Crippen LogP contribution in [0.15, 0.2) is 84.0 Å². The summed E-state index contributed by atoms with van der Waals surface area (Å²) in [5, 5.41) is 7.78. The Morgan fingerprint density at radius 3 is 2.35 bits per heavy atom. The van der Waals surface area contributed by atoms with E-state index in [2.05, 4.69) is 35.3 Å². The smallest absolute Gasteiger partial charge is 0.127 e. The number of ether oxygens (including phenoxy) is 1. The normalized spacial score (nSPS) is 16.5. The van der Waals surface area contributed by atoms with Crippen molar-refractivity contribution >= 4 is 23.0 Å². The highest BCUT2D eigenvalue weighted by atomic mass is 35.5. The highest BCUT2D eigenvalue weighted by Gasteiger charge is 2.30. The Balaban J connectivity index is 1.77. The van der Waals surface area contributed by atoms with Crippen LogP contribution in [0.4, 0.5) is 5.69 Å². The minimum Gasteiger partial charge on any atom is -0.496 e. The van der Waals surface area contributed by atoms with Crippen molar-refractivity contribution in [1.29, 1.82) is 0 Å². The van der Waals surface area contributed by atoms with Gasteiger partial charge in [-0.25, -0.2) is 0 Å². The number of hydrogen-bond donors (Lipinski definition) is 0. The predicted molar refractivity (Wildman–Crippen MR) is 107 cm³/mol. The summed E-state index contributed by atoms with van der Waals surface area (Å²) in [4.78, 5) is 0. The van der Waals surface area contributed by atoms with Gasteiger partial charge >= 0.3 is 0 Å². The standard InChI is InChI=1S/C22H19ClN2O/c1-26-22-10-6-5-9-19(22)20-15-21(16-11-13-17(23)14-12-16)25(24-20)18-7-3-2-4-8-18/h2-14,21H,15H2,1H3. The Labute approximate surface area is 158 Å². The van der Waals surface area contributed by atoms with Crippen LogP contribution in [0.2, 0.25) is 5.02 Å². The van der Waals surface area contributed by atoms with Gasteiger partial charge in [-0.1, -0.05) is 54.1 Å². The Morgan fingerprint density at radius 1 is 0.923 bits per heavy atom. The summed E-state index contributed by atoms with van der Waals surface area (Å²) in [6, 6.07) is 26.4. The van der Waals surface area contributed by atoms with Gasteiger partial charge < -0.3 is 4.74 Å². The largest absolute Gasteiger partial charge is 0.496 e. The first-order valence-corrected chi connectivity index (χ1v) is 8.94. The number of hydrogen-bond acceptors (Lipinski definition) is 3. The van der Waals surface area contributed by atoms with E-state index in [1.165, 1.54) is 5.56 Å². The second kappa shape index (κ2) is 7.22. The van der Waals surface area contributed by atoms with E-state index in [1.807, 2.05) is 48.5 Å². The molecule has 0 saturated heterocycles. The molecule has 1 atom stereocenters. The molecule has 0 N–H and O–H groups in total. The summed E-state index contributed by atoms with van der Waals surface area (Å²) >= 11 is 6.08. The van der Waals surface area contributed by atoms with Crippen molar-refractivity contribution in [2.24, 2.45) is 5.10 Å². The van der Waals surface area contributed by atoms with Crippen LogP contribution in [-0.4, -0.2) is 12.8 Å². The van der Waals surface area contributed by atoms with Crippen molar-refractivity contribution in [2.75, 3.05) is 12.1 Å². The third-order valence-electron chi connectivity index (χ3n) is 4.60. The fraction of sp³-hybridized carbons (Fsp3) is 0.136. The quantitative estimate of drug-likeness (QED) is 0.594. The van der Waals surface area contributed by atoms with Gasteiger partial charge in [0.1, 0.15) is 5.75 Å². The van der Waals surface area contributed by atoms with Crippen LogP contribution in [0.5, 0.6) is 5.75 Å². The molecule has 3 aromatic rings. The number of benzene rings is 3. The first kappa shape index (κ1) is 16.7. The first-order chi connectivity index (χ1) is 12.8. The summed E-state index contributed by atoms with van der Waals surface area (Å²) < 4.78 is 5.54. The van der Waals surface area contributed by atoms with E-state index in [0.717, 1.165) is 34.2 Å².